The lowest BCUT2D eigenvalue weighted by Crippen LogP contribution is -2.02. The summed E-state index contributed by atoms with van der Waals surface area (Å²) in [7, 11) is 0. The van der Waals surface area contributed by atoms with Crippen molar-refractivity contribution >= 4 is 11.7 Å². The highest BCUT2D eigenvalue weighted by Gasteiger charge is 2.16. The number of nitrogens with zero attached hydrogens (tertiary/aromatic N) is 2. The minimum atomic E-state index is -1.11. The quantitative estimate of drug-likeness (QED) is 0.670. The summed E-state index contributed by atoms with van der Waals surface area (Å²) in [5, 5.41) is 20.0. The van der Waals surface area contributed by atoms with E-state index in [4.69, 9.17) is 9.84 Å². The zero-order valence-corrected chi connectivity index (χ0v) is 11.1. The van der Waals surface area contributed by atoms with Gasteiger partial charge in [-0.05, 0) is 18.6 Å². The zero-order valence-electron chi connectivity index (χ0n) is 11.1. The average molecular weight is 288 g/mol. The predicted molar refractivity (Wildman–Crippen MR) is 73.7 cm³/mol. The molecule has 1 N–H and O–H groups in total. The maximum atomic E-state index is 11.1. The number of carbonyl (C=O) groups is 1. The van der Waals surface area contributed by atoms with Crippen LogP contribution in [0.3, 0.4) is 0 Å². The number of hydrogen-bond donors (Lipinski definition) is 1. The van der Waals surface area contributed by atoms with Gasteiger partial charge in [0.1, 0.15) is 0 Å². The van der Waals surface area contributed by atoms with Crippen molar-refractivity contribution in [3.8, 4) is 11.6 Å². The molecule has 0 amide bonds. The van der Waals surface area contributed by atoms with Crippen LogP contribution in [0.4, 0.5) is 5.69 Å². The summed E-state index contributed by atoms with van der Waals surface area (Å²) in [5.74, 6) is -1.08. The molecule has 21 heavy (non-hydrogen) atoms. The molecular formula is C14H12N2O5. The van der Waals surface area contributed by atoms with Crippen LogP contribution in [0.5, 0.6) is 11.6 Å². The fourth-order valence-corrected chi connectivity index (χ4v) is 1.72. The number of carboxylic acid groups (broad SMARTS) is 1. The summed E-state index contributed by atoms with van der Waals surface area (Å²) in [6.45, 7) is 1.82. The van der Waals surface area contributed by atoms with Crippen LogP contribution in [-0.2, 0) is 6.42 Å². The number of benzene rings is 1. The Morgan fingerprint density at radius 1 is 1.38 bits per heavy atom. The molecule has 0 spiro atoms. The Hall–Kier alpha value is -2.96. The Morgan fingerprint density at radius 3 is 2.71 bits per heavy atom. The molecule has 7 heteroatoms. The van der Waals surface area contributed by atoms with Gasteiger partial charge in [0.25, 0.3) is 0 Å². The lowest BCUT2D eigenvalue weighted by Gasteiger charge is -2.07. The van der Waals surface area contributed by atoms with Crippen LogP contribution in [0.15, 0.2) is 36.4 Å². The highest BCUT2D eigenvalue weighted by atomic mass is 16.6. The molecular weight excluding hydrogens is 276 g/mol. The van der Waals surface area contributed by atoms with Gasteiger partial charge in [-0.25, -0.2) is 9.78 Å². The summed E-state index contributed by atoms with van der Waals surface area (Å²) in [5.41, 5.74) is 0.344. The monoisotopic (exact) mass is 288 g/mol. The molecule has 0 unspecified atom stereocenters. The molecule has 0 aliphatic carbocycles. The highest BCUT2D eigenvalue weighted by molar-refractivity contribution is 5.88. The number of hydrogen-bond acceptors (Lipinski definition) is 5. The third-order valence-electron chi connectivity index (χ3n) is 2.74. The van der Waals surface area contributed by atoms with Crippen molar-refractivity contribution in [3.63, 3.8) is 0 Å². The molecule has 0 radical (unpaired) electrons. The number of aromatic carboxylic acids is 1. The van der Waals surface area contributed by atoms with Gasteiger partial charge in [0, 0.05) is 17.8 Å². The number of para-hydroxylation sites is 2. The van der Waals surface area contributed by atoms with Crippen LogP contribution in [0, 0.1) is 10.1 Å². The zero-order chi connectivity index (χ0) is 15.4. The fourth-order valence-electron chi connectivity index (χ4n) is 1.72. The second kappa shape index (κ2) is 6.00. The minimum absolute atomic E-state index is 0.0135. The van der Waals surface area contributed by atoms with Crippen molar-refractivity contribution in [2.45, 2.75) is 13.3 Å². The SMILES string of the molecule is CCc1cc(C(=O)O)cc(Oc2ccccc2[N+](=O)[O-])n1. The van der Waals surface area contributed by atoms with Gasteiger partial charge in [0.05, 0.1) is 10.5 Å². The lowest BCUT2D eigenvalue weighted by molar-refractivity contribution is -0.385. The molecule has 1 aromatic heterocycles. The lowest BCUT2D eigenvalue weighted by atomic mass is 10.2. The van der Waals surface area contributed by atoms with Crippen LogP contribution in [0.1, 0.15) is 23.0 Å². The molecule has 0 aliphatic heterocycles. The number of aryl methyl sites for hydroxylation is 1. The number of nitro groups is 1. The summed E-state index contributed by atoms with van der Waals surface area (Å²) in [6.07, 6.45) is 0.522. The Morgan fingerprint density at radius 2 is 2.10 bits per heavy atom. The normalized spacial score (nSPS) is 10.1. The van der Waals surface area contributed by atoms with E-state index in [1.54, 1.807) is 6.07 Å². The van der Waals surface area contributed by atoms with Crippen LogP contribution >= 0.6 is 0 Å². The molecule has 0 aliphatic rings. The molecule has 2 rings (SSSR count). The molecule has 0 saturated heterocycles. The van der Waals surface area contributed by atoms with Crippen molar-refractivity contribution in [2.24, 2.45) is 0 Å². The first kappa shape index (κ1) is 14.4. The Labute approximate surface area is 120 Å². The van der Waals surface area contributed by atoms with Gasteiger partial charge in [-0.2, -0.15) is 0 Å². The summed E-state index contributed by atoms with van der Waals surface area (Å²) < 4.78 is 5.39. The third kappa shape index (κ3) is 3.33. The molecule has 0 saturated carbocycles. The van der Waals surface area contributed by atoms with Gasteiger partial charge in [-0.3, -0.25) is 10.1 Å². The second-order valence-corrected chi connectivity index (χ2v) is 4.17. The molecule has 0 atom stereocenters. The van der Waals surface area contributed by atoms with Crippen molar-refractivity contribution in [2.75, 3.05) is 0 Å². The molecule has 108 valence electrons. The highest BCUT2D eigenvalue weighted by Crippen LogP contribution is 2.30. The Kier molecular flexibility index (Phi) is 4.13. The molecule has 0 bridgehead atoms. The fraction of sp³-hybridized carbons (Fsp3) is 0.143. The van der Waals surface area contributed by atoms with Crippen molar-refractivity contribution in [3.05, 3.63) is 57.8 Å². The number of nitro benzene ring substituents is 1. The van der Waals surface area contributed by atoms with E-state index in [-0.39, 0.29) is 22.9 Å². The summed E-state index contributed by atoms with van der Waals surface area (Å²) in [6, 6.07) is 8.51. The van der Waals surface area contributed by atoms with E-state index in [1.165, 1.54) is 30.3 Å². The van der Waals surface area contributed by atoms with Gasteiger partial charge in [0.15, 0.2) is 0 Å². The van der Waals surface area contributed by atoms with Gasteiger partial charge < -0.3 is 9.84 Å². The van der Waals surface area contributed by atoms with Crippen LogP contribution < -0.4 is 4.74 Å². The maximum absolute atomic E-state index is 11.1. The standard InChI is InChI=1S/C14H12N2O5/c1-2-10-7-9(14(17)18)8-13(15-10)21-12-6-4-3-5-11(12)16(19)20/h3-8H,2H2,1H3,(H,17,18). The van der Waals surface area contributed by atoms with Gasteiger partial charge in [0.2, 0.25) is 11.6 Å². The number of aromatic nitrogens is 1. The minimum Gasteiger partial charge on any atom is -0.478 e. The summed E-state index contributed by atoms with van der Waals surface area (Å²) in [4.78, 5) is 25.5. The Balaban J connectivity index is 2.42. The molecule has 7 nitrogen and oxygen atoms in total. The van der Waals surface area contributed by atoms with Crippen LogP contribution in [-0.4, -0.2) is 21.0 Å². The predicted octanol–water partition coefficient (Wildman–Crippen LogP) is 3.04. The van der Waals surface area contributed by atoms with Crippen molar-refractivity contribution in [1.82, 2.24) is 4.98 Å². The van der Waals surface area contributed by atoms with Crippen molar-refractivity contribution < 1.29 is 19.6 Å². The smallest absolute Gasteiger partial charge is 0.335 e. The molecule has 2 aromatic rings. The van der Waals surface area contributed by atoms with E-state index >= 15 is 0 Å². The van der Waals surface area contributed by atoms with Gasteiger partial charge in [-0.15, -0.1) is 0 Å². The first-order valence-corrected chi connectivity index (χ1v) is 6.16. The van der Waals surface area contributed by atoms with Gasteiger partial charge >= 0.3 is 11.7 Å². The van der Waals surface area contributed by atoms with Crippen LogP contribution in [0.2, 0.25) is 0 Å². The number of ether oxygens (including phenoxy) is 1. The van der Waals surface area contributed by atoms with Crippen LogP contribution in [0.25, 0.3) is 0 Å². The first-order valence-electron chi connectivity index (χ1n) is 6.16. The van der Waals surface area contributed by atoms with E-state index in [0.29, 0.717) is 12.1 Å². The van der Waals surface area contributed by atoms with Gasteiger partial charge in [-0.1, -0.05) is 19.1 Å². The number of carboxylic acids is 1. The topological polar surface area (TPSA) is 103 Å². The van der Waals surface area contributed by atoms with E-state index in [0.717, 1.165) is 0 Å². The van der Waals surface area contributed by atoms with E-state index in [1.807, 2.05) is 6.92 Å². The first-order chi connectivity index (χ1) is 10.0. The van der Waals surface area contributed by atoms with Crippen molar-refractivity contribution in [1.29, 1.82) is 0 Å². The van der Waals surface area contributed by atoms with E-state index in [2.05, 4.69) is 4.98 Å². The molecule has 0 fully saturated rings. The van der Waals surface area contributed by atoms with E-state index in [9.17, 15) is 14.9 Å². The number of rotatable bonds is 5. The maximum Gasteiger partial charge on any atom is 0.335 e. The largest absolute Gasteiger partial charge is 0.478 e. The van der Waals surface area contributed by atoms with E-state index < -0.39 is 10.9 Å². The average Bonchev–Trinajstić information content (AvgIpc) is 2.47. The molecule has 1 aromatic carbocycles. The Bertz CT molecular complexity index is 700. The number of pyridine rings is 1. The second-order valence-electron chi connectivity index (χ2n) is 4.17. The third-order valence-corrected chi connectivity index (χ3v) is 2.74. The molecule has 1 heterocycles. The summed E-state index contributed by atoms with van der Waals surface area (Å²) >= 11 is 0.